The molecule has 0 bridgehead atoms. The summed E-state index contributed by atoms with van der Waals surface area (Å²) in [5, 5.41) is 12.0. The predicted octanol–water partition coefficient (Wildman–Crippen LogP) is 2.12. The molecule has 0 spiro atoms. The second kappa shape index (κ2) is 5.65. The van der Waals surface area contributed by atoms with Crippen molar-refractivity contribution in [3.63, 3.8) is 0 Å². The van der Waals surface area contributed by atoms with Crippen LogP contribution in [-0.4, -0.2) is 17.8 Å². The minimum Gasteiger partial charge on any atom is -0.397 e. The Hall–Kier alpha value is -1.36. The second-order valence-corrected chi connectivity index (χ2v) is 3.60. The molecule has 0 aliphatic carbocycles. The molecule has 3 nitrogen and oxygen atoms in total. The van der Waals surface area contributed by atoms with E-state index in [2.05, 4.69) is 5.32 Å². The highest BCUT2D eigenvalue weighted by Gasteiger charge is 2.11. The van der Waals surface area contributed by atoms with Crippen LogP contribution in [0.25, 0.3) is 0 Å². The fraction of sp³-hybridized carbons (Fsp3) is 0.455. The van der Waals surface area contributed by atoms with E-state index in [4.69, 9.17) is 5.73 Å². The lowest BCUT2D eigenvalue weighted by atomic mass is 10.2. The molecule has 16 heavy (non-hydrogen) atoms. The number of nitrogens with two attached hydrogens (primary N) is 1. The van der Waals surface area contributed by atoms with Gasteiger partial charge in [0.25, 0.3) is 0 Å². The smallest absolute Gasteiger partial charge is 0.183 e. The molecule has 0 aliphatic heterocycles. The Balaban J connectivity index is 2.63. The van der Waals surface area contributed by atoms with Crippen molar-refractivity contribution in [1.29, 1.82) is 0 Å². The molecule has 90 valence electrons. The van der Waals surface area contributed by atoms with E-state index in [1.54, 1.807) is 0 Å². The Morgan fingerprint density at radius 3 is 2.75 bits per heavy atom. The Morgan fingerprint density at radius 2 is 2.12 bits per heavy atom. The number of hydrogen-bond acceptors (Lipinski definition) is 3. The van der Waals surface area contributed by atoms with Crippen LogP contribution in [0.2, 0.25) is 0 Å². The molecule has 1 aromatic carbocycles. The van der Waals surface area contributed by atoms with Crippen LogP contribution in [-0.2, 0) is 0 Å². The first-order chi connectivity index (χ1) is 7.56. The summed E-state index contributed by atoms with van der Waals surface area (Å²) in [7, 11) is 0. The molecule has 1 rings (SSSR count). The molecular formula is C11H16F2N2O. The summed E-state index contributed by atoms with van der Waals surface area (Å²) in [5.41, 5.74) is 5.63. The van der Waals surface area contributed by atoms with E-state index in [9.17, 15) is 13.9 Å². The molecule has 0 aromatic heterocycles. The molecule has 0 amide bonds. The summed E-state index contributed by atoms with van der Waals surface area (Å²) in [5.74, 6) is -1.92. The minimum atomic E-state index is -0.981. The third kappa shape index (κ3) is 3.06. The van der Waals surface area contributed by atoms with Gasteiger partial charge in [0.15, 0.2) is 11.6 Å². The van der Waals surface area contributed by atoms with Crippen LogP contribution in [0.5, 0.6) is 0 Å². The van der Waals surface area contributed by atoms with Crippen molar-refractivity contribution in [2.75, 3.05) is 17.6 Å². The van der Waals surface area contributed by atoms with Gasteiger partial charge >= 0.3 is 0 Å². The number of hydrogen-bond donors (Lipinski definition) is 3. The van der Waals surface area contributed by atoms with Gasteiger partial charge in [-0.1, -0.05) is 6.92 Å². The summed E-state index contributed by atoms with van der Waals surface area (Å²) in [4.78, 5) is 0. The number of nitrogens with one attached hydrogen (secondary N) is 1. The number of halogens is 2. The Labute approximate surface area is 93.3 Å². The molecule has 0 saturated heterocycles. The number of nitrogen functional groups attached to an aromatic ring is 1. The van der Waals surface area contributed by atoms with Gasteiger partial charge in [-0.2, -0.15) is 0 Å². The van der Waals surface area contributed by atoms with Crippen LogP contribution in [0, 0.1) is 11.6 Å². The Bertz CT molecular complexity index is 358. The maximum Gasteiger partial charge on any atom is 0.183 e. The maximum atomic E-state index is 13.3. The predicted molar refractivity (Wildman–Crippen MR) is 60.2 cm³/mol. The first-order valence-corrected chi connectivity index (χ1v) is 5.21. The molecule has 0 fully saturated rings. The van der Waals surface area contributed by atoms with Crippen molar-refractivity contribution in [3.8, 4) is 0 Å². The maximum absolute atomic E-state index is 13.3. The Kier molecular flexibility index (Phi) is 4.49. The Morgan fingerprint density at radius 1 is 1.44 bits per heavy atom. The highest BCUT2D eigenvalue weighted by atomic mass is 19.2. The van der Waals surface area contributed by atoms with Crippen LogP contribution in [0.3, 0.4) is 0 Å². The first kappa shape index (κ1) is 12.7. The van der Waals surface area contributed by atoms with Gasteiger partial charge in [-0.05, 0) is 25.0 Å². The van der Waals surface area contributed by atoms with E-state index in [-0.39, 0.29) is 11.4 Å². The molecule has 1 unspecified atom stereocenters. The van der Waals surface area contributed by atoms with E-state index in [0.717, 1.165) is 6.07 Å². The van der Waals surface area contributed by atoms with Crippen molar-refractivity contribution in [2.24, 2.45) is 0 Å². The van der Waals surface area contributed by atoms with Gasteiger partial charge in [-0.25, -0.2) is 8.78 Å². The SMILES string of the molecule is CCC(O)CCNc1c(N)ccc(F)c1F. The van der Waals surface area contributed by atoms with E-state index >= 15 is 0 Å². The van der Waals surface area contributed by atoms with E-state index < -0.39 is 17.7 Å². The van der Waals surface area contributed by atoms with Gasteiger partial charge < -0.3 is 16.2 Å². The topological polar surface area (TPSA) is 58.3 Å². The summed E-state index contributed by atoms with van der Waals surface area (Å²) >= 11 is 0. The van der Waals surface area contributed by atoms with Crippen molar-refractivity contribution in [1.82, 2.24) is 0 Å². The number of aliphatic hydroxyl groups is 1. The summed E-state index contributed by atoms with van der Waals surface area (Å²) < 4.78 is 26.2. The lowest BCUT2D eigenvalue weighted by Crippen LogP contribution is -2.14. The zero-order valence-corrected chi connectivity index (χ0v) is 9.13. The van der Waals surface area contributed by atoms with Crippen LogP contribution in [0.4, 0.5) is 20.2 Å². The van der Waals surface area contributed by atoms with Crippen LogP contribution in [0.15, 0.2) is 12.1 Å². The second-order valence-electron chi connectivity index (χ2n) is 3.60. The zero-order valence-electron chi connectivity index (χ0n) is 9.13. The third-order valence-corrected chi connectivity index (χ3v) is 2.38. The average Bonchev–Trinajstić information content (AvgIpc) is 2.28. The van der Waals surface area contributed by atoms with E-state index in [1.807, 2.05) is 6.92 Å². The lowest BCUT2D eigenvalue weighted by Gasteiger charge is -2.12. The van der Waals surface area contributed by atoms with E-state index in [1.165, 1.54) is 6.07 Å². The van der Waals surface area contributed by atoms with Crippen LogP contribution >= 0.6 is 0 Å². The van der Waals surface area contributed by atoms with Gasteiger partial charge in [0, 0.05) is 6.54 Å². The lowest BCUT2D eigenvalue weighted by molar-refractivity contribution is 0.164. The van der Waals surface area contributed by atoms with Crippen molar-refractivity contribution < 1.29 is 13.9 Å². The standard InChI is InChI=1S/C11H16F2N2O/c1-2-7(16)5-6-15-11-9(14)4-3-8(12)10(11)13/h3-4,7,15-16H,2,5-6,14H2,1H3. The van der Waals surface area contributed by atoms with Crippen molar-refractivity contribution >= 4 is 11.4 Å². The molecule has 0 aliphatic rings. The summed E-state index contributed by atoms with van der Waals surface area (Å²) in [6, 6.07) is 2.29. The van der Waals surface area contributed by atoms with Crippen molar-refractivity contribution in [3.05, 3.63) is 23.8 Å². The highest BCUT2D eigenvalue weighted by molar-refractivity contribution is 5.66. The molecule has 0 heterocycles. The molecule has 0 radical (unpaired) electrons. The fourth-order valence-corrected chi connectivity index (χ4v) is 1.31. The molecular weight excluding hydrogens is 214 g/mol. The highest BCUT2D eigenvalue weighted by Crippen LogP contribution is 2.24. The number of benzene rings is 1. The van der Waals surface area contributed by atoms with Gasteiger partial charge in [-0.15, -0.1) is 0 Å². The number of aliphatic hydroxyl groups excluding tert-OH is 1. The van der Waals surface area contributed by atoms with Gasteiger partial charge in [-0.3, -0.25) is 0 Å². The minimum absolute atomic E-state index is 0.0386. The molecule has 1 atom stereocenters. The first-order valence-electron chi connectivity index (χ1n) is 5.21. The molecule has 5 heteroatoms. The van der Waals surface area contributed by atoms with Crippen molar-refractivity contribution in [2.45, 2.75) is 25.9 Å². The molecule has 4 N–H and O–H groups in total. The monoisotopic (exact) mass is 230 g/mol. The third-order valence-electron chi connectivity index (χ3n) is 2.38. The number of anilines is 2. The normalized spacial score (nSPS) is 12.5. The van der Waals surface area contributed by atoms with Gasteiger partial charge in [0.05, 0.1) is 17.5 Å². The van der Waals surface area contributed by atoms with Gasteiger partial charge in [0.2, 0.25) is 0 Å². The van der Waals surface area contributed by atoms with Gasteiger partial charge in [0.1, 0.15) is 0 Å². The summed E-state index contributed by atoms with van der Waals surface area (Å²) in [6.07, 6.45) is 0.652. The zero-order chi connectivity index (χ0) is 12.1. The van der Waals surface area contributed by atoms with Crippen LogP contribution in [0.1, 0.15) is 19.8 Å². The number of rotatable bonds is 5. The molecule has 0 saturated carbocycles. The average molecular weight is 230 g/mol. The fourth-order valence-electron chi connectivity index (χ4n) is 1.31. The quantitative estimate of drug-likeness (QED) is 0.679. The van der Waals surface area contributed by atoms with E-state index in [0.29, 0.717) is 19.4 Å². The summed E-state index contributed by atoms with van der Waals surface area (Å²) in [6.45, 7) is 2.20. The largest absolute Gasteiger partial charge is 0.397 e. The van der Waals surface area contributed by atoms with Crippen LogP contribution < -0.4 is 11.1 Å². The molecule has 1 aromatic rings.